The first-order valence-electron chi connectivity index (χ1n) is 11.5. The van der Waals surface area contributed by atoms with Gasteiger partial charge in [0.15, 0.2) is 0 Å². The maximum atomic E-state index is 6.47. The van der Waals surface area contributed by atoms with Gasteiger partial charge in [0.25, 0.3) is 0 Å². The highest BCUT2D eigenvalue weighted by Crippen LogP contribution is 2.35. The standard InChI is InChI=1S/C28H40Br2O/c1-27(2,3)17-15-21(23-11-7-9-13-25(23)29)19-31-20-22(16-18-28(4,5)6)24-12-8-10-14-26(24)30/h7-14,21-22H,15-20H2,1-6H3. The Morgan fingerprint density at radius 1 is 0.645 bits per heavy atom. The molecule has 0 saturated heterocycles. The lowest BCUT2D eigenvalue weighted by molar-refractivity contribution is 0.0963. The summed E-state index contributed by atoms with van der Waals surface area (Å²) < 4.78 is 8.84. The topological polar surface area (TPSA) is 9.23 Å². The summed E-state index contributed by atoms with van der Waals surface area (Å²) in [7, 11) is 0. The number of halogens is 2. The highest BCUT2D eigenvalue weighted by molar-refractivity contribution is 9.10. The van der Waals surface area contributed by atoms with Crippen LogP contribution < -0.4 is 0 Å². The fraction of sp³-hybridized carbons (Fsp3) is 0.571. The van der Waals surface area contributed by atoms with Gasteiger partial charge >= 0.3 is 0 Å². The van der Waals surface area contributed by atoms with Gasteiger partial charge in [0.1, 0.15) is 0 Å². The molecule has 2 rings (SSSR count). The number of rotatable bonds is 10. The van der Waals surface area contributed by atoms with Gasteiger partial charge in [0.2, 0.25) is 0 Å². The molecule has 0 bridgehead atoms. The SMILES string of the molecule is CC(C)(C)CCC(COCC(CCC(C)(C)C)c1ccccc1Br)c1ccccc1Br. The third kappa shape index (κ3) is 9.80. The molecule has 0 aliphatic heterocycles. The molecule has 0 fully saturated rings. The molecule has 0 radical (unpaired) electrons. The molecular weight excluding hydrogens is 512 g/mol. The van der Waals surface area contributed by atoms with E-state index in [2.05, 4.69) is 122 Å². The summed E-state index contributed by atoms with van der Waals surface area (Å²) >= 11 is 7.54. The zero-order valence-electron chi connectivity index (χ0n) is 20.2. The van der Waals surface area contributed by atoms with Crippen LogP contribution in [0.4, 0.5) is 0 Å². The van der Waals surface area contributed by atoms with Crippen molar-refractivity contribution in [1.82, 2.24) is 0 Å². The molecule has 2 aromatic carbocycles. The second-order valence-corrected chi connectivity index (χ2v) is 12.9. The largest absolute Gasteiger partial charge is 0.380 e. The van der Waals surface area contributed by atoms with Crippen molar-refractivity contribution in [3.05, 3.63) is 68.6 Å². The number of hydrogen-bond donors (Lipinski definition) is 0. The van der Waals surface area contributed by atoms with Crippen LogP contribution in [0.3, 0.4) is 0 Å². The van der Waals surface area contributed by atoms with Crippen molar-refractivity contribution in [3.63, 3.8) is 0 Å². The van der Waals surface area contributed by atoms with Crippen molar-refractivity contribution in [3.8, 4) is 0 Å². The summed E-state index contributed by atoms with van der Waals surface area (Å²) in [5.41, 5.74) is 3.37. The Kier molecular flexibility index (Phi) is 10.3. The molecule has 31 heavy (non-hydrogen) atoms. The first kappa shape index (κ1) is 26.6. The molecule has 2 atom stereocenters. The van der Waals surface area contributed by atoms with E-state index >= 15 is 0 Å². The Balaban J connectivity index is 2.11. The van der Waals surface area contributed by atoms with Gasteiger partial charge in [-0.2, -0.15) is 0 Å². The van der Waals surface area contributed by atoms with Crippen molar-refractivity contribution >= 4 is 31.9 Å². The van der Waals surface area contributed by atoms with Crippen molar-refractivity contribution in [2.45, 2.75) is 79.1 Å². The zero-order chi connectivity index (χ0) is 23.1. The van der Waals surface area contributed by atoms with Crippen LogP contribution in [0.5, 0.6) is 0 Å². The maximum Gasteiger partial charge on any atom is 0.0535 e. The predicted molar refractivity (Wildman–Crippen MR) is 142 cm³/mol. The van der Waals surface area contributed by atoms with E-state index in [1.807, 2.05) is 0 Å². The van der Waals surface area contributed by atoms with E-state index < -0.39 is 0 Å². The molecule has 2 aromatic rings. The first-order valence-corrected chi connectivity index (χ1v) is 13.1. The van der Waals surface area contributed by atoms with Crippen LogP contribution in [-0.4, -0.2) is 13.2 Å². The minimum absolute atomic E-state index is 0.323. The van der Waals surface area contributed by atoms with Crippen LogP contribution in [-0.2, 0) is 4.74 Å². The minimum atomic E-state index is 0.323. The fourth-order valence-electron chi connectivity index (χ4n) is 3.84. The van der Waals surface area contributed by atoms with Crippen molar-refractivity contribution in [2.75, 3.05) is 13.2 Å². The number of hydrogen-bond acceptors (Lipinski definition) is 1. The Morgan fingerprint density at radius 3 is 1.32 bits per heavy atom. The van der Waals surface area contributed by atoms with Gasteiger partial charge in [-0.3, -0.25) is 0 Å². The lowest BCUT2D eigenvalue weighted by atomic mass is 9.84. The summed E-state index contributed by atoms with van der Waals surface area (Å²) in [6, 6.07) is 17.2. The highest BCUT2D eigenvalue weighted by Gasteiger charge is 2.22. The molecule has 0 N–H and O–H groups in total. The third-order valence-electron chi connectivity index (χ3n) is 5.81. The molecule has 3 heteroatoms. The van der Waals surface area contributed by atoms with Crippen molar-refractivity contribution in [2.24, 2.45) is 10.8 Å². The summed E-state index contributed by atoms with van der Waals surface area (Å²) in [5, 5.41) is 0. The van der Waals surface area contributed by atoms with Gasteiger partial charge < -0.3 is 4.74 Å². The quantitative estimate of drug-likeness (QED) is 0.285. The first-order chi connectivity index (χ1) is 14.5. The predicted octanol–water partition coefficient (Wildman–Crippen LogP) is 9.75. The smallest absolute Gasteiger partial charge is 0.0535 e. The lowest BCUT2D eigenvalue weighted by Gasteiger charge is -2.27. The van der Waals surface area contributed by atoms with Gasteiger partial charge in [-0.15, -0.1) is 0 Å². The van der Waals surface area contributed by atoms with Crippen molar-refractivity contribution < 1.29 is 4.74 Å². The van der Waals surface area contributed by atoms with E-state index in [0.29, 0.717) is 22.7 Å². The summed E-state index contributed by atoms with van der Waals surface area (Å²) in [5.74, 6) is 0.801. The van der Waals surface area contributed by atoms with Crippen LogP contribution in [0.2, 0.25) is 0 Å². The minimum Gasteiger partial charge on any atom is -0.380 e. The normalized spacial score (nSPS) is 14.5. The average molecular weight is 552 g/mol. The molecule has 0 saturated carbocycles. The van der Waals surface area contributed by atoms with Gasteiger partial charge in [-0.1, -0.05) is 110 Å². The maximum absolute atomic E-state index is 6.47. The van der Waals surface area contributed by atoms with Crippen molar-refractivity contribution in [1.29, 1.82) is 0 Å². The Hall–Kier alpha value is -0.640. The Bertz CT molecular complexity index is 734. The van der Waals surface area contributed by atoms with Crippen LogP contribution in [0.25, 0.3) is 0 Å². The third-order valence-corrected chi connectivity index (χ3v) is 7.26. The van der Waals surface area contributed by atoms with Crippen LogP contribution in [0, 0.1) is 10.8 Å². The second kappa shape index (κ2) is 12.0. The second-order valence-electron chi connectivity index (χ2n) is 11.2. The van der Waals surface area contributed by atoms with Gasteiger partial charge in [-0.25, -0.2) is 0 Å². The zero-order valence-corrected chi connectivity index (χ0v) is 23.4. The van der Waals surface area contributed by atoms with E-state index in [1.54, 1.807) is 0 Å². The van der Waals surface area contributed by atoms with Crippen LogP contribution in [0.1, 0.15) is 90.2 Å². The van der Waals surface area contributed by atoms with Crippen LogP contribution >= 0.6 is 31.9 Å². The molecule has 0 amide bonds. The molecule has 0 aromatic heterocycles. The molecule has 0 aliphatic carbocycles. The van der Waals surface area contributed by atoms with E-state index in [1.165, 1.54) is 32.9 Å². The molecule has 1 nitrogen and oxygen atoms in total. The molecule has 0 spiro atoms. The van der Waals surface area contributed by atoms with E-state index in [0.717, 1.165) is 26.1 Å². The molecule has 0 aliphatic rings. The lowest BCUT2D eigenvalue weighted by Crippen LogP contribution is -2.17. The average Bonchev–Trinajstić information content (AvgIpc) is 2.67. The fourth-order valence-corrected chi connectivity index (χ4v) is 5.05. The van der Waals surface area contributed by atoms with Gasteiger partial charge in [0.05, 0.1) is 13.2 Å². The van der Waals surface area contributed by atoms with Crippen LogP contribution in [0.15, 0.2) is 57.5 Å². The van der Waals surface area contributed by atoms with Gasteiger partial charge in [0, 0.05) is 20.8 Å². The summed E-state index contributed by atoms with van der Waals surface area (Å²) in [4.78, 5) is 0. The monoisotopic (exact) mass is 550 g/mol. The Morgan fingerprint density at radius 2 is 1.00 bits per heavy atom. The Labute approximate surface area is 207 Å². The number of ether oxygens (including phenoxy) is 1. The molecule has 0 heterocycles. The van der Waals surface area contributed by atoms with E-state index in [4.69, 9.17) is 4.74 Å². The molecule has 172 valence electrons. The van der Waals surface area contributed by atoms with E-state index in [-0.39, 0.29) is 0 Å². The molecule has 2 unspecified atom stereocenters. The summed E-state index contributed by atoms with van der Waals surface area (Å²) in [6.07, 6.45) is 4.63. The highest BCUT2D eigenvalue weighted by atomic mass is 79.9. The molecular formula is C28H40Br2O. The summed E-state index contributed by atoms with van der Waals surface area (Å²) in [6.45, 7) is 15.4. The van der Waals surface area contributed by atoms with E-state index in [9.17, 15) is 0 Å². The van der Waals surface area contributed by atoms with Gasteiger partial charge in [-0.05, 0) is 59.8 Å². The number of benzene rings is 2.